The van der Waals surface area contributed by atoms with Crippen molar-refractivity contribution in [1.82, 2.24) is 4.31 Å². The number of fused-ring (bicyclic) bond motifs is 1. The van der Waals surface area contributed by atoms with Crippen LogP contribution in [0.4, 0.5) is 5.69 Å². The first-order chi connectivity index (χ1) is 15.7. The molecule has 0 unspecified atom stereocenters. The maximum absolute atomic E-state index is 13.3. The van der Waals surface area contributed by atoms with Crippen LogP contribution in [0.5, 0.6) is 0 Å². The molecule has 1 amide bonds. The molecule has 0 aromatic heterocycles. The van der Waals surface area contributed by atoms with Gasteiger partial charge in [0.15, 0.2) is 0 Å². The van der Waals surface area contributed by atoms with Crippen LogP contribution in [0.25, 0.3) is 0 Å². The van der Waals surface area contributed by atoms with Crippen molar-refractivity contribution in [2.75, 3.05) is 31.6 Å². The summed E-state index contributed by atoms with van der Waals surface area (Å²) in [5, 5.41) is 0. The number of morpholine rings is 1. The molecule has 0 saturated carbocycles. The van der Waals surface area contributed by atoms with Crippen molar-refractivity contribution in [3.05, 3.63) is 59.2 Å². The van der Waals surface area contributed by atoms with Gasteiger partial charge in [0.05, 0.1) is 29.8 Å². The molecule has 1 fully saturated rings. The molecule has 0 N–H and O–H groups in total. The molecule has 2 aromatic carbocycles. The molecule has 2 aromatic rings. The summed E-state index contributed by atoms with van der Waals surface area (Å²) >= 11 is 0. The lowest BCUT2D eigenvalue weighted by atomic mass is 9.95. The Bertz CT molecular complexity index is 1150. The molecule has 33 heavy (non-hydrogen) atoms. The number of anilines is 1. The highest BCUT2D eigenvalue weighted by Gasteiger charge is 2.33. The van der Waals surface area contributed by atoms with Crippen molar-refractivity contribution >= 4 is 27.6 Å². The number of esters is 1. The summed E-state index contributed by atoms with van der Waals surface area (Å²) in [7, 11) is -2.35. The van der Waals surface area contributed by atoms with Gasteiger partial charge in [0.1, 0.15) is 0 Å². The van der Waals surface area contributed by atoms with Crippen molar-refractivity contribution in [2.45, 2.75) is 43.8 Å². The van der Waals surface area contributed by atoms with Gasteiger partial charge in [-0.2, -0.15) is 4.31 Å². The normalized spacial score (nSPS) is 21.4. The fourth-order valence-corrected chi connectivity index (χ4v) is 6.13. The fourth-order valence-electron chi connectivity index (χ4n) is 4.54. The Hall–Kier alpha value is -2.75. The SMILES string of the molecule is COC(=O)c1cccc2c1CCCN2C(=O)c1ccc(S(=O)(=O)N2C[C@@H](C)O[C@@H](C)C2)cc1. The summed E-state index contributed by atoms with van der Waals surface area (Å²) in [4.78, 5) is 27.2. The molecular weight excluding hydrogens is 444 g/mol. The van der Waals surface area contributed by atoms with E-state index in [-0.39, 0.29) is 23.0 Å². The molecule has 2 atom stereocenters. The molecule has 0 bridgehead atoms. The summed E-state index contributed by atoms with van der Waals surface area (Å²) < 4.78 is 38.1. The highest BCUT2D eigenvalue weighted by molar-refractivity contribution is 7.89. The third kappa shape index (κ3) is 4.53. The lowest BCUT2D eigenvalue weighted by Gasteiger charge is -2.34. The molecule has 176 valence electrons. The maximum Gasteiger partial charge on any atom is 0.338 e. The summed E-state index contributed by atoms with van der Waals surface area (Å²) in [6.07, 6.45) is 1.03. The van der Waals surface area contributed by atoms with Crippen molar-refractivity contribution < 1.29 is 27.5 Å². The Balaban J connectivity index is 1.59. The van der Waals surface area contributed by atoms with Crippen LogP contribution < -0.4 is 4.90 Å². The van der Waals surface area contributed by atoms with Crippen molar-refractivity contribution in [1.29, 1.82) is 0 Å². The average Bonchev–Trinajstić information content (AvgIpc) is 2.81. The smallest absolute Gasteiger partial charge is 0.338 e. The topological polar surface area (TPSA) is 93.2 Å². The maximum atomic E-state index is 13.3. The average molecular weight is 473 g/mol. The number of sulfonamides is 1. The highest BCUT2D eigenvalue weighted by atomic mass is 32.2. The third-order valence-electron chi connectivity index (χ3n) is 6.03. The Morgan fingerprint density at radius 3 is 2.33 bits per heavy atom. The number of carbonyl (C=O) groups excluding carboxylic acids is 2. The van der Waals surface area contributed by atoms with Crippen LogP contribution in [0.3, 0.4) is 0 Å². The van der Waals surface area contributed by atoms with Gasteiger partial charge in [-0.05, 0) is 68.7 Å². The molecule has 9 heteroatoms. The Morgan fingerprint density at radius 2 is 1.70 bits per heavy atom. The number of nitrogens with zero attached hydrogens (tertiary/aromatic N) is 2. The van der Waals surface area contributed by atoms with Crippen molar-refractivity contribution in [3.63, 3.8) is 0 Å². The monoisotopic (exact) mass is 472 g/mol. The van der Waals surface area contributed by atoms with E-state index in [2.05, 4.69) is 0 Å². The van der Waals surface area contributed by atoms with Gasteiger partial charge in [0.25, 0.3) is 5.91 Å². The second-order valence-corrected chi connectivity index (χ2v) is 10.4. The van der Waals surface area contributed by atoms with E-state index in [1.54, 1.807) is 29.2 Å². The number of amides is 1. The van der Waals surface area contributed by atoms with E-state index >= 15 is 0 Å². The quantitative estimate of drug-likeness (QED) is 0.636. The van der Waals surface area contributed by atoms with E-state index < -0.39 is 16.0 Å². The van der Waals surface area contributed by atoms with E-state index in [9.17, 15) is 18.0 Å². The lowest BCUT2D eigenvalue weighted by molar-refractivity contribution is -0.0440. The first-order valence-electron chi connectivity index (χ1n) is 11.0. The van der Waals surface area contributed by atoms with Crippen LogP contribution >= 0.6 is 0 Å². The number of benzene rings is 2. The third-order valence-corrected chi connectivity index (χ3v) is 7.87. The minimum absolute atomic E-state index is 0.146. The Kier molecular flexibility index (Phi) is 6.56. The molecular formula is C24H28N2O6S. The van der Waals surface area contributed by atoms with Gasteiger partial charge in [-0.1, -0.05) is 6.07 Å². The summed E-state index contributed by atoms with van der Waals surface area (Å²) in [5.41, 5.74) is 2.32. The van der Waals surface area contributed by atoms with Gasteiger partial charge in [0.2, 0.25) is 10.0 Å². The van der Waals surface area contributed by atoms with E-state index in [1.165, 1.54) is 23.5 Å². The molecule has 2 aliphatic rings. The van der Waals surface area contributed by atoms with Gasteiger partial charge < -0.3 is 14.4 Å². The zero-order valence-corrected chi connectivity index (χ0v) is 19.8. The Morgan fingerprint density at radius 1 is 1.03 bits per heavy atom. The van der Waals surface area contributed by atoms with Crippen molar-refractivity contribution in [3.8, 4) is 0 Å². The van der Waals surface area contributed by atoms with E-state index in [1.807, 2.05) is 19.9 Å². The Labute approximate surface area is 194 Å². The van der Waals surface area contributed by atoms with Crippen LogP contribution in [0, 0.1) is 0 Å². The fraction of sp³-hybridized carbons (Fsp3) is 0.417. The number of hydrogen-bond donors (Lipinski definition) is 0. The van der Waals surface area contributed by atoms with E-state index in [0.29, 0.717) is 49.3 Å². The predicted octanol–water partition coefficient (Wildman–Crippen LogP) is 2.86. The second kappa shape index (κ2) is 9.24. The summed E-state index contributed by atoms with van der Waals surface area (Å²) in [6.45, 7) is 4.80. The molecule has 1 saturated heterocycles. The standard InChI is InChI=1S/C24H28N2O6S/c1-16-14-25(15-17(2)32-16)33(29,30)19-11-9-18(10-12-19)23(27)26-13-5-7-20-21(24(28)31-3)6-4-8-22(20)26/h4,6,8-12,16-17H,5,7,13-15H2,1-3H3/t16-,17+. The highest BCUT2D eigenvalue weighted by Crippen LogP contribution is 2.32. The van der Waals surface area contributed by atoms with Crippen molar-refractivity contribution in [2.24, 2.45) is 0 Å². The molecule has 4 rings (SSSR count). The van der Waals surface area contributed by atoms with Gasteiger partial charge >= 0.3 is 5.97 Å². The first kappa shape index (κ1) is 23.4. The minimum Gasteiger partial charge on any atom is -0.465 e. The zero-order chi connectivity index (χ0) is 23.8. The minimum atomic E-state index is -3.68. The molecule has 0 spiro atoms. The number of rotatable bonds is 4. The molecule has 0 radical (unpaired) electrons. The molecule has 8 nitrogen and oxygen atoms in total. The first-order valence-corrected chi connectivity index (χ1v) is 12.4. The van der Waals surface area contributed by atoms with Gasteiger partial charge in [-0.3, -0.25) is 4.79 Å². The van der Waals surface area contributed by atoms with Crippen LogP contribution in [-0.2, 0) is 25.9 Å². The number of ether oxygens (including phenoxy) is 2. The number of hydrogen-bond acceptors (Lipinski definition) is 6. The van der Waals surface area contributed by atoms with Crippen LogP contribution in [0.2, 0.25) is 0 Å². The van der Waals surface area contributed by atoms with Crippen LogP contribution in [0.15, 0.2) is 47.4 Å². The number of carbonyl (C=O) groups is 2. The lowest BCUT2D eigenvalue weighted by Crippen LogP contribution is -2.48. The van der Waals surface area contributed by atoms with Gasteiger partial charge in [-0.25, -0.2) is 13.2 Å². The summed E-state index contributed by atoms with van der Waals surface area (Å²) in [5.74, 6) is -0.669. The van der Waals surface area contributed by atoms with Gasteiger partial charge in [0, 0.05) is 30.9 Å². The predicted molar refractivity (Wildman–Crippen MR) is 123 cm³/mol. The van der Waals surface area contributed by atoms with E-state index in [0.717, 1.165) is 5.56 Å². The van der Waals surface area contributed by atoms with Crippen LogP contribution in [-0.4, -0.2) is 63.6 Å². The largest absolute Gasteiger partial charge is 0.465 e. The second-order valence-electron chi connectivity index (χ2n) is 8.46. The molecule has 2 heterocycles. The van der Waals surface area contributed by atoms with E-state index in [4.69, 9.17) is 9.47 Å². The molecule has 2 aliphatic heterocycles. The summed E-state index contributed by atoms with van der Waals surface area (Å²) in [6, 6.07) is 11.3. The van der Waals surface area contributed by atoms with Crippen LogP contribution in [0.1, 0.15) is 46.5 Å². The molecule has 0 aliphatic carbocycles. The zero-order valence-electron chi connectivity index (χ0n) is 19.0. The number of methoxy groups -OCH3 is 1. The van der Waals surface area contributed by atoms with Gasteiger partial charge in [-0.15, -0.1) is 0 Å².